The van der Waals surface area contributed by atoms with E-state index in [0.717, 1.165) is 17.0 Å². The van der Waals surface area contributed by atoms with Crippen molar-refractivity contribution in [1.82, 2.24) is 9.88 Å². The number of benzene rings is 3. The second-order valence-electron chi connectivity index (χ2n) is 9.76. The van der Waals surface area contributed by atoms with Crippen molar-refractivity contribution >= 4 is 29.1 Å². The smallest absolute Gasteiger partial charge is 0.431 e. The molecule has 4 aromatic rings. The molecule has 0 aliphatic heterocycles. The predicted octanol–water partition coefficient (Wildman–Crippen LogP) is 6.67. The van der Waals surface area contributed by atoms with Crippen molar-refractivity contribution in [3.63, 3.8) is 0 Å². The van der Waals surface area contributed by atoms with E-state index in [1.54, 1.807) is 54.6 Å². The monoisotopic (exact) mass is 578 g/mol. The number of aromatic amines is 1. The topological polar surface area (TPSA) is 104 Å². The maximum absolute atomic E-state index is 13.1. The first-order valence-electron chi connectivity index (χ1n) is 13.1. The van der Waals surface area contributed by atoms with Gasteiger partial charge in [-0.05, 0) is 72.1 Å². The zero-order chi connectivity index (χ0) is 30.3. The number of carbonyl (C=O) groups is 3. The molecule has 0 saturated carbocycles. The molecular weight excluding hydrogens is 549 g/mol. The van der Waals surface area contributed by atoms with Gasteiger partial charge in [-0.25, -0.2) is 0 Å². The number of H-pyrrole nitrogens is 1. The summed E-state index contributed by atoms with van der Waals surface area (Å²) in [5, 5.41) is 5.23. The second kappa shape index (κ2) is 13.1. The van der Waals surface area contributed by atoms with Crippen molar-refractivity contribution < 1.29 is 32.3 Å². The van der Waals surface area contributed by atoms with Crippen molar-refractivity contribution in [3.05, 3.63) is 108 Å². The molecule has 0 aliphatic carbocycles. The number of para-hydroxylation sites is 1. The number of rotatable bonds is 10. The molecule has 1 aromatic heterocycles. The highest BCUT2D eigenvalue weighted by molar-refractivity contribution is 6.02. The Labute approximate surface area is 240 Å². The van der Waals surface area contributed by atoms with E-state index in [1.165, 1.54) is 5.56 Å². The summed E-state index contributed by atoms with van der Waals surface area (Å²) in [6, 6.07) is 24.3. The minimum Gasteiger partial charge on any atom is -0.457 e. The van der Waals surface area contributed by atoms with E-state index in [9.17, 15) is 27.6 Å². The minimum atomic E-state index is -4.70. The number of nitrogens with zero attached hydrogens (tertiary/aromatic N) is 1. The molecule has 0 bridgehead atoms. The lowest BCUT2D eigenvalue weighted by molar-refractivity contribution is -0.140. The number of hydrogen-bond donors (Lipinski definition) is 3. The van der Waals surface area contributed by atoms with Crippen LogP contribution in [0.25, 0.3) is 0 Å². The van der Waals surface area contributed by atoms with Crippen molar-refractivity contribution in [2.75, 3.05) is 23.7 Å². The summed E-state index contributed by atoms with van der Waals surface area (Å²) >= 11 is 0. The molecule has 3 amide bonds. The van der Waals surface area contributed by atoms with Crippen molar-refractivity contribution in [1.29, 1.82) is 0 Å². The van der Waals surface area contributed by atoms with Crippen LogP contribution in [0.5, 0.6) is 11.5 Å². The Kier molecular flexibility index (Phi) is 9.31. The van der Waals surface area contributed by atoms with E-state index < -0.39 is 48.4 Å². The van der Waals surface area contributed by atoms with E-state index in [0.29, 0.717) is 28.8 Å². The lowest BCUT2D eigenvalue weighted by Crippen LogP contribution is -2.42. The number of carbonyl (C=O) groups excluding carboxylic acids is 3. The Balaban J connectivity index is 1.42. The highest BCUT2D eigenvalue weighted by atomic mass is 19.4. The van der Waals surface area contributed by atoms with Gasteiger partial charge in [0.2, 0.25) is 11.8 Å². The highest BCUT2D eigenvalue weighted by Crippen LogP contribution is 2.29. The molecule has 218 valence electrons. The van der Waals surface area contributed by atoms with Crippen LogP contribution < -0.4 is 15.4 Å². The molecule has 1 heterocycles. The van der Waals surface area contributed by atoms with Crippen LogP contribution >= 0.6 is 0 Å². The average Bonchev–Trinajstić information content (AvgIpc) is 3.46. The standard InChI is InChI=1S/C31H29F3N4O4/c1-20(2)21-8-12-24(13-9-21)42-25-14-10-23(11-15-25)36-29(40)19-38(18-28(39)35-22-6-4-3-5-7-22)30(41)26-16-17-27(37-26)31(32,33)34/h3-17,20,37H,18-19H2,1-2H3,(H,35,39)(H,36,40). The molecule has 0 saturated heterocycles. The molecule has 0 spiro atoms. The molecule has 11 heteroatoms. The van der Waals surface area contributed by atoms with Gasteiger partial charge in [-0.2, -0.15) is 13.2 Å². The molecular formula is C31H29F3N4O4. The molecule has 3 N–H and O–H groups in total. The Hall–Kier alpha value is -5.06. The van der Waals surface area contributed by atoms with Gasteiger partial charge in [0, 0.05) is 11.4 Å². The van der Waals surface area contributed by atoms with Crippen molar-refractivity contribution in [3.8, 4) is 11.5 Å². The lowest BCUT2D eigenvalue weighted by atomic mass is 10.0. The zero-order valence-corrected chi connectivity index (χ0v) is 22.9. The fourth-order valence-corrected chi connectivity index (χ4v) is 3.99. The number of alkyl halides is 3. The normalized spacial score (nSPS) is 11.2. The number of amides is 3. The van der Waals surface area contributed by atoms with E-state index in [2.05, 4.69) is 24.5 Å². The van der Waals surface area contributed by atoms with Crippen LogP contribution in [0, 0.1) is 0 Å². The molecule has 4 rings (SSSR count). The molecule has 0 fully saturated rings. The van der Waals surface area contributed by atoms with Crippen LogP contribution in [0.2, 0.25) is 0 Å². The molecule has 8 nitrogen and oxygen atoms in total. The summed E-state index contributed by atoms with van der Waals surface area (Å²) in [6.07, 6.45) is -4.70. The van der Waals surface area contributed by atoms with Gasteiger partial charge in [-0.15, -0.1) is 0 Å². The van der Waals surface area contributed by atoms with Crippen LogP contribution in [0.1, 0.15) is 41.5 Å². The Bertz CT molecular complexity index is 1520. The summed E-state index contributed by atoms with van der Waals surface area (Å²) in [5.41, 5.74) is 0.495. The quantitative estimate of drug-likeness (QED) is 0.196. The van der Waals surface area contributed by atoms with Gasteiger partial charge in [0.15, 0.2) is 0 Å². The third-order valence-electron chi connectivity index (χ3n) is 6.16. The number of nitrogens with one attached hydrogen (secondary N) is 3. The van der Waals surface area contributed by atoms with Crippen LogP contribution in [0.3, 0.4) is 0 Å². The van der Waals surface area contributed by atoms with Crippen molar-refractivity contribution in [2.45, 2.75) is 25.9 Å². The zero-order valence-electron chi connectivity index (χ0n) is 22.9. The number of ether oxygens (including phenoxy) is 1. The van der Waals surface area contributed by atoms with Gasteiger partial charge in [-0.3, -0.25) is 14.4 Å². The average molecular weight is 579 g/mol. The summed E-state index contributed by atoms with van der Waals surface area (Å²) in [6.45, 7) is 3.02. The molecule has 0 radical (unpaired) electrons. The van der Waals surface area contributed by atoms with Crippen molar-refractivity contribution in [2.24, 2.45) is 0 Å². The number of aromatic nitrogens is 1. The first-order valence-corrected chi connectivity index (χ1v) is 13.1. The second-order valence-corrected chi connectivity index (χ2v) is 9.76. The molecule has 0 aliphatic rings. The fourth-order valence-electron chi connectivity index (χ4n) is 3.99. The highest BCUT2D eigenvalue weighted by Gasteiger charge is 2.33. The minimum absolute atomic E-state index is 0.392. The van der Waals surface area contributed by atoms with Crippen LogP contribution in [-0.4, -0.2) is 40.7 Å². The number of anilines is 2. The third kappa shape index (κ3) is 8.23. The van der Waals surface area contributed by atoms with Gasteiger partial charge in [0.05, 0.1) is 0 Å². The maximum atomic E-state index is 13.1. The summed E-state index contributed by atoms with van der Waals surface area (Å²) in [7, 11) is 0. The van der Waals surface area contributed by atoms with E-state index in [4.69, 9.17) is 4.74 Å². The van der Waals surface area contributed by atoms with Gasteiger partial charge in [-0.1, -0.05) is 44.2 Å². The number of hydrogen-bond acceptors (Lipinski definition) is 4. The first-order chi connectivity index (χ1) is 20.0. The fraction of sp³-hybridized carbons (Fsp3) is 0.194. The molecule has 0 unspecified atom stereocenters. The molecule has 0 atom stereocenters. The Morgan fingerprint density at radius 2 is 1.29 bits per heavy atom. The Morgan fingerprint density at radius 1 is 0.762 bits per heavy atom. The van der Waals surface area contributed by atoms with E-state index in [1.807, 2.05) is 29.2 Å². The van der Waals surface area contributed by atoms with E-state index in [-0.39, 0.29) is 0 Å². The predicted molar refractivity (Wildman–Crippen MR) is 152 cm³/mol. The van der Waals surface area contributed by atoms with Gasteiger partial charge < -0.3 is 25.3 Å². The molecule has 3 aromatic carbocycles. The summed E-state index contributed by atoms with van der Waals surface area (Å²) in [5.74, 6) is -0.656. The first kappa shape index (κ1) is 29.9. The summed E-state index contributed by atoms with van der Waals surface area (Å²) in [4.78, 5) is 41.5. The maximum Gasteiger partial charge on any atom is 0.431 e. The third-order valence-corrected chi connectivity index (χ3v) is 6.16. The lowest BCUT2D eigenvalue weighted by Gasteiger charge is -2.21. The van der Waals surface area contributed by atoms with Crippen LogP contribution in [0.15, 0.2) is 91.0 Å². The van der Waals surface area contributed by atoms with Gasteiger partial charge >= 0.3 is 6.18 Å². The number of halogens is 3. The molecule has 42 heavy (non-hydrogen) atoms. The van der Waals surface area contributed by atoms with E-state index >= 15 is 0 Å². The largest absolute Gasteiger partial charge is 0.457 e. The van der Waals surface area contributed by atoms with Gasteiger partial charge in [0.1, 0.15) is 36.0 Å². The Morgan fingerprint density at radius 3 is 1.79 bits per heavy atom. The van der Waals surface area contributed by atoms with Crippen LogP contribution in [-0.2, 0) is 15.8 Å². The SMILES string of the molecule is CC(C)c1ccc(Oc2ccc(NC(=O)CN(CC(=O)Nc3ccccc3)C(=O)c3ccc(C(F)(F)F)[nH]3)cc2)cc1. The van der Waals surface area contributed by atoms with Gasteiger partial charge in [0.25, 0.3) is 5.91 Å². The summed E-state index contributed by atoms with van der Waals surface area (Å²) < 4.78 is 45.1. The van der Waals surface area contributed by atoms with Crippen LogP contribution in [0.4, 0.5) is 24.5 Å².